The number of nitrogens with one attached hydrogen (secondary N) is 1. The molecule has 2 aliphatic rings. The highest BCUT2D eigenvalue weighted by Crippen LogP contribution is 2.32. The highest BCUT2D eigenvalue weighted by Gasteiger charge is 2.34. The van der Waals surface area contributed by atoms with Gasteiger partial charge in [0.2, 0.25) is 0 Å². The van der Waals surface area contributed by atoms with Crippen LogP contribution in [0.5, 0.6) is 0 Å². The largest absolute Gasteiger partial charge is 0.393 e. The van der Waals surface area contributed by atoms with Gasteiger partial charge in [-0.15, -0.1) is 0 Å². The molecule has 12 heavy (non-hydrogen) atoms. The molecular formula is C10H17NO. The van der Waals surface area contributed by atoms with Crippen molar-refractivity contribution < 1.29 is 5.11 Å². The van der Waals surface area contributed by atoms with Crippen LogP contribution in [0.3, 0.4) is 0 Å². The monoisotopic (exact) mass is 167 g/mol. The van der Waals surface area contributed by atoms with Gasteiger partial charge in [0.25, 0.3) is 0 Å². The molecular weight excluding hydrogens is 150 g/mol. The number of aliphatic hydroxyl groups is 1. The number of hydrogen-bond acceptors (Lipinski definition) is 2. The van der Waals surface area contributed by atoms with Crippen molar-refractivity contribution in [3.8, 4) is 0 Å². The molecule has 2 heteroatoms. The Morgan fingerprint density at radius 2 is 2.17 bits per heavy atom. The summed E-state index contributed by atoms with van der Waals surface area (Å²) in [6.45, 7) is 3.94. The molecule has 0 aromatic carbocycles. The Kier molecular flexibility index (Phi) is 2.09. The summed E-state index contributed by atoms with van der Waals surface area (Å²) >= 11 is 0. The summed E-state index contributed by atoms with van der Waals surface area (Å²) in [4.78, 5) is 0. The Morgan fingerprint density at radius 3 is 3.00 bits per heavy atom. The van der Waals surface area contributed by atoms with Gasteiger partial charge in [-0.3, -0.25) is 0 Å². The minimum absolute atomic E-state index is 0.0654. The Balaban J connectivity index is 2.04. The maximum absolute atomic E-state index is 9.72. The van der Waals surface area contributed by atoms with Gasteiger partial charge in [-0.2, -0.15) is 0 Å². The number of fused-ring (bicyclic) bond motifs is 1. The lowest BCUT2D eigenvalue weighted by atomic mass is 9.77. The van der Waals surface area contributed by atoms with Gasteiger partial charge in [0.05, 0.1) is 6.10 Å². The minimum Gasteiger partial charge on any atom is -0.393 e. The zero-order valence-corrected chi connectivity index (χ0v) is 7.42. The van der Waals surface area contributed by atoms with Crippen molar-refractivity contribution in [3.63, 3.8) is 0 Å². The van der Waals surface area contributed by atoms with E-state index in [1.807, 2.05) is 0 Å². The molecule has 0 radical (unpaired) electrons. The van der Waals surface area contributed by atoms with E-state index < -0.39 is 0 Å². The lowest BCUT2D eigenvalue weighted by molar-refractivity contribution is 0.0370. The summed E-state index contributed by atoms with van der Waals surface area (Å²) in [6.07, 6.45) is 5.46. The molecule has 0 aromatic heterocycles. The van der Waals surface area contributed by atoms with Crippen molar-refractivity contribution >= 4 is 0 Å². The molecule has 3 unspecified atom stereocenters. The standard InChI is InChI=1S/C10H17NO/c1-7-5-6-8-9(11-7)3-2-4-10(8)12/h8-12H,1-6H2. The predicted octanol–water partition coefficient (Wildman–Crippen LogP) is 1.41. The smallest absolute Gasteiger partial charge is 0.0588 e. The summed E-state index contributed by atoms with van der Waals surface area (Å²) in [6, 6.07) is 0.509. The van der Waals surface area contributed by atoms with E-state index in [4.69, 9.17) is 0 Å². The van der Waals surface area contributed by atoms with Crippen molar-refractivity contribution in [2.45, 2.75) is 44.2 Å². The molecule has 0 spiro atoms. The van der Waals surface area contributed by atoms with E-state index in [1.54, 1.807) is 0 Å². The van der Waals surface area contributed by atoms with Gasteiger partial charge in [-0.1, -0.05) is 6.58 Å². The summed E-state index contributed by atoms with van der Waals surface area (Å²) in [5.41, 5.74) is 1.16. The molecule has 1 heterocycles. The first-order valence-electron chi connectivity index (χ1n) is 4.90. The van der Waals surface area contributed by atoms with Gasteiger partial charge >= 0.3 is 0 Å². The van der Waals surface area contributed by atoms with E-state index >= 15 is 0 Å². The Hall–Kier alpha value is -0.500. The van der Waals surface area contributed by atoms with Gasteiger partial charge in [-0.05, 0) is 32.1 Å². The highest BCUT2D eigenvalue weighted by atomic mass is 16.3. The molecule has 1 saturated heterocycles. The summed E-state index contributed by atoms with van der Waals surface area (Å²) < 4.78 is 0. The fourth-order valence-electron chi connectivity index (χ4n) is 2.49. The van der Waals surface area contributed by atoms with E-state index in [9.17, 15) is 5.11 Å². The molecule has 68 valence electrons. The summed E-state index contributed by atoms with van der Waals surface area (Å²) in [7, 11) is 0. The first kappa shape index (κ1) is 8.11. The molecule has 0 bridgehead atoms. The molecule has 1 saturated carbocycles. The average Bonchev–Trinajstić information content (AvgIpc) is 2.04. The van der Waals surface area contributed by atoms with E-state index in [0.29, 0.717) is 12.0 Å². The second-order valence-corrected chi connectivity index (χ2v) is 4.06. The Bertz CT molecular complexity index is 190. The second kappa shape index (κ2) is 3.09. The van der Waals surface area contributed by atoms with E-state index in [-0.39, 0.29) is 6.10 Å². The normalized spacial score (nSPS) is 41.8. The predicted molar refractivity (Wildman–Crippen MR) is 48.6 cm³/mol. The van der Waals surface area contributed by atoms with Crippen molar-refractivity contribution in [2.75, 3.05) is 0 Å². The molecule has 0 aromatic rings. The average molecular weight is 167 g/mol. The van der Waals surface area contributed by atoms with Crippen LogP contribution in [0, 0.1) is 5.92 Å². The number of aliphatic hydroxyl groups excluding tert-OH is 1. The van der Waals surface area contributed by atoms with Crippen molar-refractivity contribution in [1.29, 1.82) is 0 Å². The van der Waals surface area contributed by atoms with Crippen LogP contribution in [0.25, 0.3) is 0 Å². The van der Waals surface area contributed by atoms with Crippen LogP contribution in [0.2, 0.25) is 0 Å². The van der Waals surface area contributed by atoms with Gasteiger partial charge in [-0.25, -0.2) is 0 Å². The maximum atomic E-state index is 9.72. The number of hydrogen-bond donors (Lipinski definition) is 2. The third-order valence-electron chi connectivity index (χ3n) is 3.20. The maximum Gasteiger partial charge on any atom is 0.0588 e. The fraction of sp³-hybridized carbons (Fsp3) is 0.800. The number of piperidine rings is 1. The summed E-state index contributed by atoms with van der Waals surface area (Å²) in [5.74, 6) is 0.490. The molecule has 2 rings (SSSR count). The fourth-order valence-corrected chi connectivity index (χ4v) is 2.49. The first-order chi connectivity index (χ1) is 5.77. The van der Waals surface area contributed by atoms with Gasteiger partial charge in [0.1, 0.15) is 0 Å². The van der Waals surface area contributed by atoms with E-state index in [1.165, 1.54) is 6.42 Å². The molecule has 1 aliphatic heterocycles. The topological polar surface area (TPSA) is 32.3 Å². The minimum atomic E-state index is -0.0654. The van der Waals surface area contributed by atoms with Crippen LogP contribution < -0.4 is 5.32 Å². The van der Waals surface area contributed by atoms with Crippen LogP contribution in [0.4, 0.5) is 0 Å². The molecule has 3 atom stereocenters. The zero-order valence-electron chi connectivity index (χ0n) is 7.42. The third-order valence-corrected chi connectivity index (χ3v) is 3.20. The highest BCUT2D eigenvalue weighted by molar-refractivity contribution is 5.03. The van der Waals surface area contributed by atoms with Crippen LogP contribution in [0.15, 0.2) is 12.3 Å². The zero-order chi connectivity index (χ0) is 8.55. The van der Waals surface area contributed by atoms with Crippen LogP contribution in [-0.2, 0) is 0 Å². The van der Waals surface area contributed by atoms with Crippen LogP contribution in [0.1, 0.15) is 32.1 Å². The quantitative estimate of drug-likeness (QED) is 0.572. The lowest BCUT2D eigenvalue weighted by Gasteiger charge is -2.40. The molecule has 0 amide bonds. The third kappa shape index (κ3) is 1.36. The van der Waals surface area contributed by atoms with Crippen molar-refractivity contribution in [2.24, 2.45) is 5.92 Å². The Morgan fingerprint density at radius 1 is 1.33 bits per heavy atom. The van der Waals surface area contributed by atoms with E-state index in [2.05, 4.69) is 11.9 Å². The van der Waals surface area contributed by atoms with Gasteiger partial charge < -0.3 is 10.4 Å². The van der Waals surface area contributed by atoms with Crippen molar-refractivity contribution in [1.82, 2.24) is 5.32 Å². The lowest BCUT2D eigenvalue weighted by Crippen LogP contribution is -2.47. The van der Waals surface area contributed by atoms with E-state index in [0.717, 1.165) is 31.4 Å². The van der Waals surface area contributed by atoms with Gasteiger partial charge in [0, 0.05) is 17.7 Å². The van der Waals surface area contributed by atoms with Crippen molar-refractivity contribution in [3.05, 3.63) is 12.3 Å². The van der Waals surface area contributed by atoms with Crippen LogP contribution >= 0.6 is 0 Å². The molecule has 2 fully saturated rings. The molecule has 2 nitrogen and oxygen atoms in total. The number of rotatable bonds is 0. The van der Waals surface area contributed by atoms with Gasteiger partial charge in [0.15, 0.2) is 0 Å². The van der Waals surface area contributed by atoms with Crippen LogP contribution in [-0.4, -0.2) is 17.3 Å². The first-order valence-corrected chi connectivity index (χ1v) is 4.90. The summed E-state index contributed by atoms with van der Waals surface area (Å²) in [5, 5.41) is 13.1. The molecule has 1 aliphatic carbocycles. The molecule has 2 N–H and O–H groups in total. The Labute approximate surface area is 73.7 Å². The number of allylic oxidation sites excluding steroid dienone is 1. The SMILES string of the molecule is C=C1CCC2C(O)CCCC2N1. The second-order valence-electron chi connectivity index (χ2n) is 4.06.